The summed E-state index contributed by atoms with van der Waals surface area (Å²) in [6.45, 7) is 0.275. The summed E-state index contributed by atoms with van der Waals surface area (Å²) in [5.74, 6) is -0.492. The van der Waals surface area contributed by atoms with E-state index in [1.165, 1.54) is 23.5 Å². The number of amides is 2. The molecule has 1 aromatic heterocycles. The SMILES string of the molecule is O=C(c1cnccn1)N1CC(=O)N2[C@H](CO)[C@H](c3ccc(/C=C/c4ccccc4)cc3)[C@@H]2C1. The largest absolute Gasteiger partial charge is 0.394 e. The number of hydrogen-bond acceptors (Lipinski definition) is 5. The normalized spacial score (nSPS) is 22.2. The molecule has 5 rings (SSSR count). The van der Waals surface area contributed by atoms with E-state index in [2.05, 4.69) is 22.1 Å². The fourth-order valence-electron chi connectivity index (χ4n) is 4.81. The van der Waals surface area contributed by atoms with E-state index >= 15 is 0 Å². The highest BCUT2D eigenvalue weighted by atomic mass is 16.3. The van der Waals surface area contributed by atoms with Crippen LogP contribution in [0.1, 0.15) is 33.1 Å². The van der Waals surface area contributed by atoms with E-state index in [0.717, 1.165) is 16.7 Å². The molecule has 1 N–H and O–H groups in total. The molecular formula is C26H24N4O3. The molecule has 2 saturated heterocycles. The van der Waals surface area contributed by atoms with Crippen LogP contribution in [0.15, 0.2) is 73.2 Å². The topological polar surface area (TPSA) is 86.6 Å². The molecule has 166 valence electrons. The van der Waals surface area contributed by atoms with Gasteiger partial charge >= 0.3 is 0 Å². The van der Waals surface area contributed by atoms with Crippen LogP contribution in [0.4, 0.5) is 0 Å². The third-order valence-electron chi connectivity index (χ3n) is 6.41. The Kier molecular flexibility index (Phi) is 5.71. The number of aliphatic hydroxyl groups is 1. The molecule has 0 aliphatic carbocycles. The highest BCUT2D eigenvalue weighted by Gasteiger charge is 2.54. The summed E-state index contributed by atoms with van der Waals surface area (Å²) in [6, 6.07) is 17.8. The molecule has 7 nitrogen and oxygen atoms in total. The molecule has 0 spiro atoms. The van der Waals surface area contributed by atoms with Gasteiger partial charge in [-0.05, 0) is 16.7 Å². The molecule has 3 atom stereocenters. The van der Waals surface area contributed by atoms with Crippen molar-refractivity contribution < 1.29 is 14.7 Å². The van der Waals surface area contributed by atoms with Gasteiger partial charge in [0, 0.05) is 24.9 Å². The van der Waals surface area contributed by atoms with Crippen molar-refractivity contribution in [3.05, 3.63) is 95.6 Å². The number of hydrogen-bond donors (Lipinski definition) is 1. The first kappa shape index (κ1) is 21.0. The van der Waals surface area contributed by atoms with Gasteiger partial charge in [0.1, 0.15) is 12.2 Å². The second kappa shape index (κ2) is 8.96. The molecular weight excluding hydrogens is 416 g/mol. The molecule has 33 heavy (non-hydrogen) atoms. The maximum Gasteiger partial charge on any atom is 0.274 e. The zero-order chi connectivity index (χ0) is 22.8. The van der Waals surface area contributed by atoms with Gasteiger partial charge in [-0.1, -0.05) is 66.7 Å². The summed E-state index contributed by atoms with van der Waals surface area (Å²) >= 11 is 0. The summed E-state index contributed by atoms with van der Waals surface area (Å²) in [4.78, 5) is 36.9. The van der Waals surface area contributed by atoms with E-state index in [4.69, 9.17) is 0 Å². The van der Waals surface area contributed by atoms with E-state index in [0.29, 0.717) is 6.54 Å². The lowest BCUT2D eigenvalue weighted by Gasteiger charge is -2.58. The molecule has 0 radical (unpaired) electrons. The van der Waals surface area contributed by atoms with Crippen LogP contribution in [-0.4, -0.2) is 68.5 Å². The average Bonchev–Trinajstić information content (AvgIpc) is 2.85. The van der Waals surface area contributed by atoms with Gasteiger partial charge < -0.3 is 14.9 Å². The molecule has 2 aliphatic rings. The smallest absolute Gasteiger partial charge is 0.274 e. The summed E-state index contributed by atoms with van der Waals surface area (Å²) in [6.07, 6.45) is 8.50. The molecule has 0 saturated carbocycles. The minimum Gasteiger partial charge on any atom is -0.394 e. The van der Waals surface area contributed by atoms with Gasteiger partial charge in [0.2, 0.25) is 5.91 Å². The quantitative estimate of drug-likeness (QED) is 0.616. The Balaban J connectivity index is 1.34. The number of carbonyl (C=O) groups is 2. The Morgan fingerprint density at radius 1 is 1.03 bits per heavy atom. The van der Waals surface area contributed by atoms with Crippen molar-refractivity contribution in [2.24, 2.45) is 0 Å². The van der Waals surface area contributed by atoms with Crippen LogP contribution >= 0.6 is 0 Å². The molecule has 0 unspecified atom stereocenters. The third-order valence-corrected chi connectivity index (χ3v) is 6.41. The number of nitrogens with zero attached hydrogens (tertiary/aromatic N) is 4. The molecule has 0 bridgehead atoms. The van der Waals surface area contributed by atoms with Crippen molar-refractivity contribution in [2.45, 2.75) is 18.0 Å². The van der Waals surface area contributed by atoms with Crippen molar-refractivity contribution in [1.29, 1.82) is 0 Å². The van der Waals surface area contributed by atoms with Crippen molar-refractivity contribution >= 4 is 24.0 Å². The highest BCUT2D eigenvalue weighted by Crippen LogP contribution is 2.43. The summed E-state index contributed by atoms with van der Waals surface area (Å²) in [5, 5.41) is 9.99. The molecule has 2 fully saturated rings. The van der Waals surface area contributed by atoms with Crippen LogP contribution in [0.25, 0.3) is 12.2 Å². The van der Waals surface area contributed by atoms with Crippen molar-refractivity contribution in [3.8, 4) is 0 Å². The van der Waals surface area contributed by atoms with Crippen molar-refractivity contribution in [3.63, 3.8) is 0 Å². The zero-order valence-corrected chi connectivity index (χ0v) is 18.0. The Morgan fingerprint density at radius 2 is 1.76 bits per heavy atom. The van der Waals surface area contributed by atoms with Crippen LogP contribution in [0, 0.1) is 0 Å². The van der Waals surface area contributed by atoms with Crippen LogP contribution in [-0.2, 0) is 4.79 Å². The number of carbonyl (C=O) groups excluding carboxylic acids is 2. The number of piperazine rings is 1. The van der Waals surface area contributed by atoms with E-state index in [1.54, 1.807) is 4.90 Å². The van der Waals surface area contributed by atoms with Gasteiger partial charge in [0.15, 0.2) is 0 Å². The van der Waals surface area contributed by atoms with E-state index < -0.39 is 0 Å². The molecule has 2 amide bonds. The fourth-order valence-corrected chi connectivity index (χ4v) is 4.81. The number of benzene rings is 2. The van der Waals surface area contributed by atoms with Crippen LogP contribution in [0.5, 0.6) is 0 Å². The highest BCUT2D eigenvalue weighted by molar-refractivity contribution is 5.96. The lowest BCUT2D eigenvalue weighted by Crippen LogP contribution is -2.73. The third kappa shape index (κ3) is 4.03. The van der Waals surface area contributed by atoms with Crippen LogP contribution in [0.3, 0.4) is 0 Å². The van der Waals surface area contributed by atoms with E-state index in [9.17, 15) is 14.7 Å². The average molecular weight is 441 g/mol. The van der Waals surface area contributed by atoms with E-state index in [-0.39, 0.29) is 48.7 Å². The predicted molar refractivity (Wildman–Crippen MR) is 124 cm³/mol. The molecule has 3 aromatic rings. The summed E-state index contributed by atoms with van der Waals surface area (Å²) in [7, 11) is 0. The van der Waals surface area contributed by atoms with Gasteiger partial charge in [-0.3, -0.25) is 14.6 Å². The number of aliphatic hydroxyl groups excluding tert-OH is 1. The monoisotopic (exact) mass is 440 g/mol. The molecule has 2 aliphatic heterocycles. The van der Waals surface area contributed by atoms with Crippen LogP contribution < -0.4 is 0 Å². The van der Waals surface area contributed by atoms with Crippen LogP contribution in [0.2, 0.25) is 0 Å². The second-order valence-corrected chi connectivity index (χ2v) is 8.33. The number of fused-ring (bicyclic) bond motifs is 1. The standard InChI is InChI=1S/C26H24N4O3/c31-17-23-25(20-10-8-19(9-11-20)7-6-18-4-2-1-3-5-18)22-15-29(16-24(32)30(22)23)26(33)21-14-27-12-13-28-21/h1-14,22-23,25,31H,15-17H2/b7-6+/t22-,23+,25+/m0/s1. The fraction of sp³-hybridized carbons (Fsp3) is 0.231. The minimum absolute atomic E-state index is 0.0155. The van der Waals surface area contributed by atoms with Gasteiger partial charge in [0.05, 0.1) is 24.9 Å². The molecule has 7 heteroatoms. The van der Waals surface area contributed by atoms with Gasteiger partial charge in [-0.25, -0.2) is 4.98 Å². The van der Waals surface area contributed by atoms with Gasteiger partial charge in [0.25, 0.3) is 5.91 Å². The number of rotatable bonds is 5. The molecule has 2 aromatic carbocycles. The Hall–Kier alpha value is -3.84. The first-order valence-corrected chi connectivity index (χ1v) is 11.0. The predicted octanol–water partition coefficient (Wildman–Crippen LogP) is 2.46. The first-order chi connectivity index (χ1) is 16.2. The Bertz CT molecular complexity index is 1170. The summed E-state index contributed by atoms with van der Waals surface area (Å²) < 4.78 is 0. The lowest BCUT2D eigenvalue weighted by molar-refractivity contribution is -0.159. The number of aromatic nitrogens is 2. The molecule has 3 heterocycles. The second-order valence-electron chi connectivity index (χ2n) is 8.33. The lowest BCUT2D eigenvalue weighted by atomic mass is 9.73. The van der Waals surface area contributed by atoms with Gasteiger partial charge in [-0.15, -0.1) is 0 Å². The first-order valence-electron chi connectivity index (χ1n) is 11.0. The van der Waals surface area contributed by atoms with Crippen molar-refractivity contribution in [1.82, 2.24) is 19.8 Å². The van der Waals surface area contributed by atoms with Gasteiger partial charge in [-0.2, -0.15) is 0 Å². The Morgan fingerprint density at radius 3 is 2.42 bits per heavy atom. The van der Waals surface area contributed by atoms with Crippen molar-refractivity contribution in [2.75, 3.05) is 19.7 Å². The summed E-state index contributed by atoms with van der Waals surface area (Å²) in [5.41, 5.74) is 3.47. The van der Waals surface area contributed by atoms with E-state index in [1.807, 2.05) is 54.6 Å². The maximum absolute atomic E-state index is 12.8. The zero-order valence-electron chi connectivity index (χ0n) is 18.0. The minimum atomic E-state index is -0.302. The maximum atomic E-state index is 12.8. The Labute approximate surface area is 192 Å².